The van der Waals surface area contributed by atoms with Gasteiger partial charge in [-0.05, 0) is 12.1 Å². The number of nitrogens with zero attached hydrogens (tertiary/aromatic N) is 2. The van der Waals surface area contributed by atoms with Gasteiger partial charge < -0.3 is 15.7 Å². The van der Waals surface area contributed by atoms with Crippen LogP contribution in [0.4, 0.5) is 10.2 Å². The van der Waals surface area contributed by atoms with Gasteiger partial charge in [0.1, 0.15) is 0 Å². The van der Waals surface area contributed by atoms with Crippen molar-refractivity contribution in [2.45, 2.75) is 0 Å². The molecule has 0 aliphatic rings. The maximum atomic E-state index is 14.2. The van der Waals surface area contributed by atoms with Crippen molar-refractivity contribution in [1.29, 1.82) is 0 Å². The Morgan fingerprint density at radius 1 is 1.27 bits per heavy atom. The Kier molecular flexibility index (Phi) is 4.84. The maximum Gasteiger partial charge on any atom is 0.275 e. The fourth-order valence-corrected chi connectivity index (χ4v) is 1.80. The second kappa shape index (κ2) is 6.81. The average Bonchev–Trinajstić information content (AvgIpc) is 2.81. The van der Waals surface area contributed by atoms with Gasteiger partial charge in [0.25, 0.3) is 11.8 Å². The van der Waals surface area contributed by atoms with Crippen LogP contribution >= 0.6 is 0 Å². The van der Waals surface area contributed by atoms with Crippen molar-refractivity contribution in [3.63, 3.8) is 0 Å². The minimum Gasteiger partial charge on any atom is -0.395 e. The van der Waals surface area contributed by atoms with Crippen LogP contribution in [-0.4, -0.2) is 39.9 Å². The third-order valence-corrected chi connectivity index (χ3v) is 2.87. The summed E-state index contributed by atoms with van der Waals surface area (Å²) in [6.45, 7) is -0.279. The number of nitrogens with one attached hydrogen (secondary N) is 2. The fourth-order valence-electron chi connectivity index (χ4n) is 1.80. The number of carbonyl (C=O) groups is 2. The van der Waals surface area contributed by atoms with Crippen LogP contribution in [0.25, 0.3) is 0 Å². The number of anilines is 1. The quantitative estimate of drug-likeness (QED) is 0.751. The highest BCUT2D eigenvalue weighted by atomic mass is 19.1. The Hall–Kier alpha value is -2.74. The van der Waals surface area contributed by atoms with Crippen molar-refractivity contribution >= 4 is 17.6 Å². The molecule has 7 nitrogen and oxygen atoms in total. The molecule has 0 unspecified atom stereocenters. The van der Waals surface area contributed by atoms with Gasteiger partial charge >= 0.3 is 0 Å². The molecule has 2 aromatic rings. The molecule has 1 aromatic heterocycles. The van der Waals surface area contributed by atoms with E-state index in [0.29, 0.717) is 5.56 Å². The first-order valence-corrected chi connectivity index (χ1v) is 6.52. The highest BCUT2D eigenvalue weighted by molar-refractivity contribution is 6.04. The summed E-state index contributed by atoms with van der Waals surface area (Å²) in [6.07, 6.45) is 0. The third kappa shape index (κ3) is 3.29. The molecule has 1 aromatic carbocycles. The molecule has 0 aliphatic heterocycles. The molecule has 0 aliphatic carbocycles. The molecule has 0 spiro atoms. The Labute approximate surface area is 125 Å². The molecule has 3 N–H and O–H groups in total. The van der Waals surface area contributed by atoms with Gasteiger partial charge in [0.2, 0.25) is 0 Å². The molecule has 0 bridgehead atoms. The lowest BCUT2D eigenvalue weighted by Gasteiger charge is -2.05. The van der Waals surface area contributed by atoms with Crippen molar-refractivity contribution in [3.05, 3.63) is 47.4 Å². The van der Waals surface area contributed by atoms with Gasteiger partial charge in [0.05, 0.1) is 6.61 Å². The van der Waals surface area contributed by atoms with Crippen molar-refractivity contribution in [2.24, 2.45) is 7.05 Å². The lowest BCUT2D eigenvalue weighted by Crippen LogP contribution is -2.27. The SMILES string of the molecule is Cn1nc(C(=O)NCCO)c(F)c1NC(=O)c1ccccc1. The molecule has 2 amide bonds. The van der Waals surface area contributed by atoms with Crippen LogP contribution in [0.5, 0.6) is 0 Å². The highest BCUT2D eigenvalue weighted by Crippen LogP contribution is 2.18. The maximum absolute atomic E-state index is 14.2. The Balaban J connectivity index is 2.20. The fraction of sp³-hybridized carbons (Fsp3) is 0.214. The molecule has 1 heterocycles. The monoisotopic (exact) mass is 306 g/mol. The van der Waals surface area contributed by atoms with E-state index in [1.54, 1.807) is 30.3 Å². The van der Waals surface area contributed by atoms with E-state index in [0.717, 1.165) is 4.68 Å². The summed E-state index contributed by atoms with van der Waals surface area (Å²) in [5, 5.41) is 17.1. The molecule has 0 saturated carbocycles. The molecule has 2 rings (SSSR count). The predicted molar refractivity (Wildman–Crippen MR) is 77.0 cm³/mol. The van der Waals surface area contributed by atoms with Crippen molar-refractivity contribution < 1.29 is 19.1 Å². The van der Waals surface area contributed by atoms with Gasteiger partial charge in [-0.15, -0.1) is 0 Å². The molecule has 0 atom stereocenters. The van der Waals surface area contributed by atoms with Gasteiger partial charge in [-0.2, -0.15) is 5.10 Å². The van der Waals surface area contributed by atoms with E-state index in [4.69, 9.17) is 5.11 Å². The number of hydrogen-bond donors (Lipinski definition) is 3. The third-order valence-electron chi connectivity index (χ3n) is 2.87. The Morgan fingerprint density at radius 3 is 2.59 bits per heavy atom. The highest BCUT2D eigenvalue weighted by Gasteiger charge is 2.23. The van der Waals surface area contributed by atoms with Crippen molar-refractivity contribution in [2.75, 3.05) is 18.5 Å². The average molecular weight is 306 g/mol. The first kappa shape index (κ1) is 15.6. The summed E-state index contributed by atoms with van der Waals surface area (Å²) in [4.78, 5) is 23.7. The standard InChI is InChI=1S/C14H15FN4O3/c1-19-12(17-13(21)9-5-3-2-4-6-9)10(15)11(18-19)14(22)16-7-8-20/h2-6,20H,7-8H2,1H3,(H,16,22)(H,17,21). The Morgan fingerprint density at radius 2 is 1.95 bits per heavy atom. The molecular formula is C14H15FN4O3. The molecule has 116 valence electrons. The number of aliphatic hydroxyl groups excluding tert-OH is 1. The minimum atomic E-state index is -0.928. The lowest BCUT2D eigenvalue weighted by atomic mass is 10.2. The molecule has 0 fully saturated rings. The minimum absolute atomic E-state index is 0.0133. The number of amides is 2. The van der Waals surface area contributed by atoms with Crippen LogP contribution in [0.3, 0.4) is 0 Å². The first-order valence-electron chi connectivity index (χ1n) is 6.52. The normalized spacial score (nSPS) is 10.3. The summed E-state index contributed by atoms with van der Waals surface area (Å²) >= 11 is 0. The second-order valence-electron chi connectivity index (χ2n) is 4.43. The number of benzene rings is 1. The molecule has 22 heavy (non-hydrogen) atoms. The van der Waals surface area contributed by atoms with E-state index in [-0.39, 0.29) is 19.0 Å². The van der Waals surface area contributed by atoms with Crippen LogP contribution in [-0.2, 0) is 7.05 Å². The van der Waals surface area contributed by atoms with Gasteiger partial charge in [-0.25, -0.2) is 9.07 Å². The van der Waals surface area contributed by atoms with E-state index in [1.807, 2.05) is 0 Å². The number of aromatic nitrogens is 2. The van der Waals surface area contributed by atoms with Crippen molar-refractivity contribution in [1.82, 2.24) is 15.1 Å². The van der Waals surface area contributed by atoms with E-state index in [2.05, 4.69) is 15.7 Å². The summed E-state index contributed by atoms with van der Waals surface area (Å²) in [5.41, 5.74) is -0.0892. The summed E-state index contributed by atoms with van der Waals surface area (Å²) < 4.78 is 15.3. The van der Waals surface area contributed by atoms with Crippen LogP contribution < -0.4 is 10.6 Å². The van der Waals surface area contributed by atoms with E-state index < -0.39 is 23.3 Å². The van der Waals surface area contributed by atoms with E-state index >= 15 is 0 Å². The van der Waals surface area contributed by atoms with Crippen LogP contribution in [0.2, 0.25) is 0 Å². The second-order valence-corrected chi connectivity index (χ2v) is 4.43. The van der Waals surface area contributed by atoms with Gasteiger partial charge in [0.15, 0.2) is 17.3 Å². The zero-order valence-electron chi connectivity index (χ0n) is 11.8. The zero-order valence-corrected chi connectivity index (χ0v) is 11.8. The Bertz CT molecular complexity index is 685. The van der Waals surface area contributed by atoms with Crippen LogP contribution in [0.1, 0.15) is 20.8 Å². The summed E-state index contributed by atoms with van der Waals surface area (Å²) in [7, 11) is 1.41. The number of carbonyl (C=O) groups excluding carboxylic acids is 2. The number of aryl methyl sites for hydroxylation is 1. The van der Waals surface area contributed by atoms with E-state index in [9.17, 15) is 14.0 Å². The number of halogens is 1. The summed E-state index contributed by atoms with van der Waals surface area (Å²) in [6, 6.07) is 8.28. The number of aliphatic hydroxyl groups is 1. The van der Waals surface area contributed by atoms with Crippen LogP contribution in [0, 0.1) is 5.82 Å². The number of hydrogen-bond acceptors (Lipinski definition) is 4. The molecule has 0 radical (unpaired) electrons. The topological polar surface area (TPSA) is 96.2 Å². The molecule has 8 heteroatoms. The molecular weight excluding hydrogens is 291 g/mol. The van der Waals surface area contributed by atoms with Gasteiger partial charge in [-0.1, -0.05) is 18.2 Å². The first-order chi connectivity index (χ1) is 10.5. The lowest BCUT2D eigenvalue weighted by molar-refractivity contribution is 0.0934. The van der Waals surface area contributed by atoms with Gasteiger partial charge in [0, 0.05) is 19.2 Å². The predicted octanol–water partition coefficient (Wildman–Crippen LogP) is 0.534. The van der Waals surface area contributed by atoms with Gasteiger partial charge in [-0.3, -0.25) is 9.59 Å². The smallest absolute Gasteiger partial charge is 0.275 e. The summed E-state index contributed by atoms with van der Waals surface area (Å²) in [5.74, 6) is -2.41. The molecule has 0 saturated heterocycles. The van der Waals surface area contributed by atoms with E-state index in [1.165, 1.54) is 7.05 Å². The largest absolute Gasteiger partial charge is 0.395 e. The number of rotatable bonds is 5. The van der Waals surface area contributed by atoms with Crippen molar-refractivity contribution in [3.8, 4) is 0 Å². The zero-order chi connectivity index (χ0) is 16.1. The van der Waals surface area contributed by atoms with Crippen LogP contribution in [0.15, 0.2) is 30.3 Å².